The van der Waals surface area contributed by atoms with Crippen LogP contribution in [-0.2, 0) is 17.8 Å². The van der Waals surface area contributed by atoms with Gasteiger partial charge in [0.15, 0.2) is 6.61 Å². The first-order valence-electron chi connectivity index (χ1n) is 9.51. The maximum absolute atomic E-state index is 12.3. The third kappa shape index (κ3) is 6.38. The molecule has 3 aromatic heterocycles. The Hall–Kier alpha value is -3.21. The average molecular weight is 437 g/mol. The van der Waals surface area contributed by atoms with E-state index in [0.717, 1.165) is 0 Å². The Morgan fingerprint density at radius 2 is 2.13 bits per heavy atom. The highest BCUT2D eigenvalue weighted by molar-refractivity contribution is 5.86. The summed E-state index contributed by atoms with van der Waals surface area (Å²) in [5.74, 6) is -0.193. The van der Waals surface area contributed by atoms with Crippen LogP contribution in [0, 0.1) is 6.92 Å². The number of carbonyl (C=O) groups is 1. The van der Waals surface area contributed by atoms with Crippen LogP contribution in [0.25, 0.3) is 10.9 Å². The lowest BCUT2D eigenvalue weighted by Crippen LogP contribution is -2.31. The molecule has 2 N–H and O–H groups in total. The Kier molecular flexibility index (Phi) is 6.74. The van der Waals surface area contributed by atoms with Crippen LogP contribution < -0.4 is 10.1 Å². The van der Waals surface area contributed by atoms with E-state index in [9.17, 15) is 23.1 Å². The number of carbonyl (C=O) groups excluding carboxylic acids is 1. The third-order valence-corrected chi connectivity index (χ3v) is 4.32. The standard InChI is InChI=1S/C20H22F3N5O3/c1-12-5-14(25-8-18(12)31-11-20(21,22)23)9-28-10-15-16(27-28)3-4-24-17(15)6-19(30)26-7-13(2)29/h3-5,8,10,13,29H,6-7,9,11H2,1-2H3,(H,26,30)/t13-/m1/s1. The molecular formula is C20H22F3N5O3. The molecule has 31 heavy (non-hydrogen) atoms. The normalized spacial score (nSPS) is 12.7. The second kappa shape index (κ2) is 9.29. The van der Waals surface area contributed by atoms with Crippen molar-refractivity contribution in [2.45, 2.75) is 39.1 Å². The summed E-state index contributed by atoms with van der Waals surface area (Å²) in [7, 11) is 0. The van der Waals surface area contributed by atoms with Gasteiger partial charge in [-0.25, -0.2) is 0 Å². The van der Waals surface area contributed by atoms with Crippen molar-refractivity contribution in [2.24, 2.45) is 0 Å². The van der Waals surface area contributed by atoms with Crippen LogP contribution in [0.2, 0.25) is 0 Å². The molecule has 0 saturated carbocycles. The van der Waals surface area contributed by atoms with E-state index >= 15 is 0 Å². The zero-order chi connectivity index (χ0) is 22.6. The summed E-state index contributed by atoms with van der Waals surface area (Å²) in [5, 5.41) is 17.1. The van der Waals surface area contributed by atoms with Crippen molar-refractivity contribution in [3.63, 3.8) is 0 Å². The fourth-order valence-electron chi connectivity index (χ4n) is 2.91. The van der Waals surface area contributed by atoms with Crippen LogP contribution in [-0.4, -0.2) is 56.2 Å². The molecule has 1 amide bonds. The highest BCUT2D eigenvalue weighted by Gasteiger charge is 2.28. The number of nitrogens with zero attached hydrogens (tertiary/aromatic N) is 4. The van der Waals surface area contributed by atoms with Crippen LogP contribution >= 0.6 is 0 Å². The molecule has 0 aromatic carbocycles. The summed E-state index contributed by atoms with van der Waals surface area (Å²) < 4.78 is 43.4. The lowest BCUT2D eigenvalue weighted by molar-refractivity contribution is -0.153. The summed E-state index contributed by atoms with van der Waals surface area (Å²) in [4.78, 5) is 20.5. The molecule has 3 aromatic rings. The number of aliphatic hydroxyl groups is 1. The predicted molar refractivity (Wildman–Crippen MR) is 106 cm³/mol. The second-order valence-corrected chi connectivity index (χ2v) is 7.19. The minimum atomic E-state index is -4.42. The third-order valence-electron chi connectivity index (χ3n) is 4.32. The Labute approximate surface area is 176 Å². The Morgan fingerprint density at radius 3 is 2.81 bits per heavy atom. The molecule has 0 saturated heterocycles. The van der Waals surface area contributed by atoms with Crippen LogP contribution in [0.4, 0.5) is 13.2 Å². The van der Waals surface area contributed by atoms with Crippen LogP contribution in [0.5, 0.6) is 5.75 Å². The van der Waals surface area contributed by atoms with Crippen molar-refractivity contribution in [3.05, 3.63) is 47.7 Å². The van der Waals surface area contributed by atoms with Crippen molar-refractivity contribution >= 4 is 16.8 Å². The first-order chi connectivity index (χ1) is 14.6. The molecule has 3 heterocycles. The van der Waals surface area contributed by atoms with Gasteiger partial charge in [0.05, 0.1) is 42.2 Å². The van der Waals surface area contributed by atoms with Crippen molar-refractivity contribution in [1.82, 2.24) is 25.1 Å². The van der Waals surface area contributed by atoms with Gasteiger partial charge < -0.3 is 15.2 Å². The minimum absolute atomic E-state index is 0.0400. The van der Waals surface area contributed by atoms with E-state index in [1.54, 1.807) is 43.1 Å². The molecule has 0 spiro atoms. The molecule has 0 fully saturated rings. The zero-order valence-corrected chi connectivity index (χ0v) is 17.0. The maximum Gasteiger partial charge on any atom is 0.422 e. The Bertz CT molecular complexity index is 1070. The Morgan fingerprint density at radius 1 is 1.35 bits per heavy atom. The lowest BCUT2D eigenvalue weighted by Gasteiger charge is -2.11. The maximum atomic E-state index is 12.3. The number of rotatable bonds is 8. The summed E-state index contributed by atoms with van der Waals surface area (Å²) in [6.07, 6.45) is -0.454. The SMILES string of the molecule is Cc1cc(Cn2cc3c(CC(=O)NC[C@@H](C)O)nccc3n2)ncc1OCC(F)(F)F. The van der Waals surface area contributed by atoms with Crippen molar-refractivity contribution in [3.8, 4) is 5.75 Å². The van der Waals surface area contributed by atoms with E-state index < -0.39 is 18.9 Å². The Balaban J connectivity index is 1.72. The molecule has 0 aliphatic heterocycles. The topological polar surface area (TPSA) is 102 Å². The minimum Gasteiger partial charge on any atom is -0.482 e. The number of hydrogen-bond donors (Lipinski definition) is 2. The second-order valence-electron chi connectivity index (χ2n) is 7.19. The molecule has 1 atom stereocenters. The quantitative estimate of drug-likeness (QED) is 0.560. The number of aryl methyl sites for hydroxylation is 1. The summed E-state index contributed by atoms with van der Waals surface area (Å²) >= 11 is 0. The number of aromatic nitrogens is 4. The molecule has 0 bridgehead atoms. The molecule has 0 aliphatic rings. The van der Waals surface area contributed by atoms with Gasteiger partial charge in [0.1, 0.15) is 5.75 Å². The summed E-state index contributed by atoms with van der Waals surface area (Å²) in [5.41, 5.74) is 2.32. The number of fused-ring (bicyclic) bond motifs is 1. The predicted octanol–water partition coefficient (Wildman–Crippen LogP) is 2.16. The number of aliphatic hydroxyl groups excluding tert-OH is 1. The van der Waals surface area contributed by atoms with Gasteiger partial charge in [-0.15, -0.1) is 0 Å². The van der Waals surface area contributed by atoms with Crippen LogP contribution in [0.3, 0.4) is 0 Å². The molecule has 0 aliphatic carbocycles. The van der Waals surface area contributed by atoms with Gasteiger partial charge >= 0.3 is 6.18 Å². The van der Waals surface area contributed by atoms with Gasteiger partial charge in [-0.1, -0.05) is 0 Å². The van der Waals surface area contributed by atoms with E-state index in [0.29, 0.717) is 27.9 Å². The first kappa shape index (κ1) is 22.5. The van der Waals surface area contributed by atoms with Gasteiger partial charge in [-0.3, -0.25) is 19.4 Å². The fourth-order valence-corrected chi connectivity index (χ4v) is 2.91. The van der Waals surface area contributed by atoms with Crippen LogP contribution in [0.1, 0.15) is 23.9 Å². The zero-order valence-electron chi connectivity index (χ0n) is 17.0. The fraction of sp³-hybridized carbons (Fsp3) is 0.400. The highest BCUT2D eigenvalue weighted by Crippen LogP contribution is 2.22. The lowest BCUT2D eigenvalue weighted by atomic mass is 10.2. The van der Waals surface area contributed by atoms with Gasteiger partial charge in [-0.05, 0) is 31.5 Å². The highest BCUT2D eigenvalue weighted by atomic mass is 19.4. The van der Waals surface area contributed by atoms with Gasteiger partial charge in [0, 0.05) is 24.3 Å². The van der Waals surface area contributed by atoms with Gasteiger partial charge in [0.2, 0.25) is 5.91 Å². The number of amides is 1. The van der Waals surface area contributed by atoms with E-state index in [1.807, 2.05) is 0 Å². The van der Waals surface area contributed by atoms with Crippen molar-refractivity contribution in [2.75, 3.05) is 13.2 Å². The van der Waals surface area contributed by atoms with Crippen molar-refractivity contribution in [1.29, 1.82) is 0 Å². The van der Waals surface area contributed by atoms with E-state index in [4.69, 9.17) is 4.74 Å². The number of pyridine rings is 2. The molecule has 3 rings (SSSR count). The molecule has 166 valence electrons. The monoisotopic (exact) mass is 437 g/mol. The number of hydrogen-bond acceptors (Lipinski definition) is 6. The summed E-state index contributed by atoms with van der Waals surface area (Å²) in [6, 6.07) is 3.36. The van der Waals surface area contributed by atoms with E-state index in [1.165, 1.54) is 6.20 Å². The van der Waals surface area contributed by atoms with Crippen molar-refractivity contribution < 1.29 is 27.8 Å². The van der Waals surface area contributed by atoms with Gasteiger partial charge in [0.25, 0.3) is 0 Å². The van der Waals surface area contributed by atoms with E-state index in [-0.39, 0.29) is 31.2 Å². The molecule has 0 unspecified atom stereocenters. The number of nitrogens with one attached hydrogen (secondary N) is 1. The first-order valence-corrected chi connectivity index (χ1v) is 9.51. The average Bonchev–Trinajstić information content (AvgIpc) is 3.08. The van der Waals surface area contributed by atoms with Gasteiger partial charge in [-0.2, -0.15) is 18.3 Å². The smallest absolute Gasteiger partial charge is 0.422 e. The van der Waals surface area contributed by atoms with E-state index in [2.05, 4.69) is 20.4 Å². The summed E-state index contributed by atoms with van der Waals surface area (Å²) in [6.45, 7) is 2.28. The number of alkyl halides is 3. The number of ether oxygens (including phenoxy) is 1. The molecule has 0 radical (unpaired) electrons. The van der Waals surface area contributed by atoms with Crippen LogP contribution in [0.15, 0.2) is 30.7 Å². The molecule has 11 heteroatoms. The largest absolute Gasteiger partial charge is 0.482 e. The number of halogens is 3. The molecular weight excluding hydrogens is 415 g/mol. The molecule has 8 nitrogen and oxygen atoms in total.